The van der Waals surface area contributed by atoms with Crippen molar-refractivity contribution >= 4 is 28.5 Å². The van der Waals surface area contributed by atoms with Crippen LogP contribution in [-0.2, 0) is 13.0 Å². The maximum Gasteiger partial charge on any atom is 0.251 e. The van der Waals surface area contributed by atoms with E-state index in [1.165, 1.54) is 0 Å². The number of amides is 1. The van der Waals surface area contributed by atoms with Crippen molar-refractivity contribution in [3.63, 3.8) is 0 Å². The molecule has 0 aliphatic rings. The smallest absolute Gasteiger partial charge is 0.251 e. The molecule has 176 valence electrons. The molecule has 1 amide bonds. The second kappa shape index (κ2) is 11.2. The normalized spacial score (nSPS) is 11.0. The molecule has 0 aliphatic heterocycles. The molecule has 3 aromatic carbocycles. The lowest BCUT2D eigenvalue weighted by Gasteiger charge is -2.11. The molecular weight excluding hydrogens is 446 g/mol. The van der Waals surface area contributed by atoms with Crippen molar-refractivity contribution in [3.05, 3.63) is 94.3 Å². The minimum absolute atomic E-state index is 0.0581. The van der Waals surface area contributed by atoms with Crippen molar-refractivity contribution in [1.29, 1.82) is 0 Å². The Morgan fingerprint density at radius 1 is 1.03 bits per heavy atom. The average molecular weight is 476 g/mol. The molecule has 0 atom stereocenters. The summed E-state index contributed by atoms with van der Waals surface area (Å²) in [4.78, 5) is 17.3. The Kier molecular flexibility index (Phi) is 7.86. The molecule has 4 aromatic rings. The number of carbonyl (C=O) groups excluding carboxylic acids is 1. The van der Waals surface area contributed by atoms with Gasteiger partial charge in [0.25, 0.3) is 5.91 Å². The van der Waals surface area contributed by atoms with E-state index in [4.69, 9.17) is 21.3 Å². The van der Waals surface area contributed by atoms with Crippen LogP contribution in [0, 0.1) is 13.8 Å². The van der Waals surface area contributed by atoms with Gasteiger partial charge in [-0.15, -0.1) is 0 Å². The third-order valence-corrected chi connectivity index (χ3v) is 6.28. The fourth-order valence-electron chi connectivity index (χ4n) is 3.93. The summed E-state index contributed by atoms with van der Waals surface area (Å²) in [5.74, 6) is 1.77. The lowest BCUT2D eigenvalue weighted by molar-refractivity contribution is 0.0954. The van der Waals surface area contributed by atoms with Crippen LogP contribution in [0.25, 0.3) is 11.0 Å². The fourth-order valence-corrected chi connectivity index (χ4v) is 4.05. The van der Waals surface area contributed by atoms with E-state index >= 15 is 0 Å². The number of nitrogens with one attached hydrogen (secondary N) is 1. The SMILES string of the molecule is Cc1ccc(C(=O)NCCc2nc3ccccc3n2CCCCOc2ccc(Cl)c(C)c2)cc1. The van der Waals surface area contributed by atoms with E-state index in [0.717, 1.165) is 58.1 Å². The number of ether oxygens (including phenoxy) is 1. The number of nitrogens with zero attached hydrogens (tertiary/aromatic N) is 2. The van der Waals surface area contributed by atoms with Gasteiger partial charge in [0.2, 0.25) is 0 Å². The number of halogens is 1. The number of hydrogen-bond acceptors (Lipinski definition) is 3. The molecule has 0 saturated carbocycles. The number of aromatic nitrogens is 2. The Balaban J connectivity index is 1.32. The van der Waals surface area contributed by atoms with Crippen molar-refractivity contribution in [3.8, 4) is 5.75 Å². The molecule has 0 fully saturated rings. The van der Waals surface area contributed by atoms with E-state index in [-0.39, 0.29) is 5.91 Å². The van der Waals surface area contributed by atoms with Gasteiger partial charge in [-0.05, 0) is 74.7 Å². The van der Waals surface area contributed by atoms with E-state index in [1.807, 2.05) is 74.5 Å². The molecule has 1 aromatic heterocycles. The first-order valence-electron chi connectivity index (χ1n) is 11.7. The first-order valence-corrected chi connectivity index (χ1v) is 12.1. The number of benzene rings is 3. The highest BCUT2D eigenvalue weighted by atomic mass is 35.5. The largest absolute Gasteiger partial charge is 0.494 e. The third-order valence-electron chi connectivity index (χ3n) is 5.86. The zero-order chi connectivity index (χ0) is 23.9. The number of para-hydroxylation sites is 2. The molecule has 0 unspecified atom stereocenters. The first-order chi connectivity index (χ1) is 16.5. The Hall–Kier alpha value is -3.31. The van der Waals surface area contributed by atoms with Crippen molar-refractivity contribution in [2.24, 2.45) is 0 Å². The predicted octanol–water partition coefficient (Wildman–Crippen LogP) is 6.14. The van der Waals surface area contributed by atoms with Gasteiger partial charge in [0.05, 0.1) is 17.6 Å². The van der Waals surface area contributed by atoms with Crippen molar-refractivity contribution in [1.82, 2.24) is 14.9 Å². The van der Waals surface area contributed by atoms with Crippen LogP contribution in [0.15, 0.2) is 66.7 Å². The Morgan fingerprint density at radius 3 is 2.62 bits per heavy atom. The molecule has 0 aliphatic carbocycles. The molecule has 5 nitrogen and oxygen atoms in total. The van der Waals surface area contributed by atoms with Crippen LogP contribution in [0.3, 0.4) is 0 Å². The highest BCUT2D eigenvalue weighted by Gasteiger charge is 2.11. The second-order valence-corrected chi connectivity index (χ2v) is 8.91. The van der Waals surface area contributed by atoms with Gasteiger partial charge in [-0.2, -0.15) is 0 Å². The molecule has 0 spiro atoms. The molecule has 6 heteroatoms. The van der Waals surface area contributed by atoms with Crippen LogP contribution in [0.5, 0.6) is 5.75 Å². The summed E-state index contributed by atoms with van der Waals surface area (Å²) >= 11 is 6.09. The van der Waals surface area contributed by atoms with Gasteiger partial charge in [-0.1, -0.05) is 41.4 Å². The quantitative estimate of drug-likeness (QED) is 0.280. The molecule has 0 radical (unpaired) electrons. The summed E-state index contributed by atoms with van der Waals surface area (Å²) in [6, 6.07) is 21.5. The summed E-state index contributed by atoms with van der Waals surface area (Å²) in [6.07, 6.45) is 2.57. The average Bonchev–Trinajstić information content (AvgIpc) is 3.19. The van der Waals surface area contributed by atoms with Gasteiger partial charge in [-0.25, -0.2) is 4.98 Å². The summed E-state index contributed by atoms with van der Waals surface area (Å²) in [5.41, 5.74) is 4.93. The van der Waals surface area contributed by atoms with E-state index in [9.17, 15) is 4.79 Å². The zero-order valence-corrected chi connectivity index (χ0v) is 20.4. The summed E-state index contributed by atoms with van der Waals surface area (Å²) in [6.45, 7) is 6.02. The fraction of sp³-hybridized carbons (Fsp3) is 0.286. The van der Waals surface area contributed by atoms with Gasteiger partial charge in [0.15, 0.2) is 0 Å². The van der Waals surface area contributed by atoms with Crippen LogP contribution in [0.2, 0.25) is 5.02 Å². The minimum Gasteiger partial charge on any atom is -0.494 e. The number of unbranched alkanes of at least 4 members (excludes halogenated alkanes) is 1. The van der Waals surface area contributed by atoms with Crippen LogP contribution < -0.4 is 10.1 Å². The highest BCUT2D eigenvalue weighted by Crippen LogP contribution is 2.21. The van der Waals surface area contributed by atoms with E-state index < -0.39 is 0 Å². The van der Waals surface area contributed by atoms with Gasteiger partial charge >= 0.3 is 0 Å². The van der Waals surface area contributed by atoms with Crippen LogP contribution in [0.4, 0.5) is 0 Å². The summed E-state index contributed by atoms with van der Waals surface area (Å²) in [5, 5.41) is 3.77. The van der Waals surface area contributed by atoms with Crippen molar-refractivity contribution in [2.45, 2.75) is 39.7 Å². The highest BCUT2D eigenvalue weighted by molar-refractivity contribution is 6.31. The summed E-state index contributed by atoms with van der Waals surface area (Å²) in [7, 11) is 0. The zero-order valence-electron chi connectivity index (χ0n) is 19.7. The maximum absolute atomic E-state index is 12.4. The number of rotatable bonds is 10. The summed E-state index contributed by atoms with van der Waals surface area (Å²) < 4.78 is 8.15. The minimum atomic E-state index is -0.0581. The third kappa shape index (κ3) is 5.97. The molecule has 34 heavy (non-hydrogen) atoms. The molecule has 4 rings (SSSR count). The molecule has 1 heterocycles. The number of hydrogen-bond donors (Lipinski definition) is 1. The lowest BCUT2D eigenvalue weighted by atomic mass is 10.1. The maximum atomic E-state index is 12.4. The van der Waals surface area contributed by atoms with Gasteiger partial charge in [0.1, 0.15) is 11.6 Å². The number of carbonyl (C=O) groups is 1. The van der Waals surface area contributed by atoms with Crippen LogP contribution in [-0.4, -0.2) is 28.6 Å². The van der Waals surface area contributed by atoms with E-state index in [2.05, 4.69) is 16.0 Å². The number of imidazole rings is 1. The second-order valence-electron chi connectivity index (χ2n) is 8.51. The molecule has 0 bridgehead atoms. The predicted molar refractivity (Wildman–Crippen MR) is 138 cm³/mol. The van der Waals surface area contributed by atoms with Crippen LogP contribution in [0.1, 0.15) is 40.2 Å². The standard InChI is InChI=1S/C28H30ClN3O2/c1-20-9-11-22(12-10-20)28(33)30-16-15-27-31-25-7-3-4-8-26(25)32(27)17-5-6-18-34-23-13-14-24(29)21(2)19-23/h3-4,7-14,19H,5-6,15-18H2,1-2H3,(H,30,33). The Bertz CT molecular complexity index is 1260. The number of aryl methyl sites for hydroxylation is 3. The van der Waals surface area contributed by atoms with E-state index in [0.29, 0.717) is 25.1 Å². The van der Waals surface area contributed by atoms with Crippen molar-refractivity contribution < 1.29 is 9.53 Å². The first kappa shape index (κ1) is 23.8. The topological polar surface area (TPSA) is 56.2 Å². The van der Waals surface area contributed by atoms with Gasteiger partial charge in [-0.3, -0.25) is 4.79 Å². The van der Waals surface area contributed by atoms with Gasteiger partial charge < -0.3 is 14.6 Å². The monoisotopic (exact) mass is 475 g/mol. The van der Waals surface area contributed by atoms with E-state index in [1.54, 1.807) is 0 Å². The Morgan fingerprint density at radius 2 is 1.82 bits per heavy atom. The van der Waals surface area contributed by atoms with Crippen molar-refractivity contribution in [2.75, 3.05) is 13.2 Å². The molecular formula is C28H30ClN3O2. The number of fused-ring (bicyclic) bond motifs is 1. The molecule has 1 N–H and O–H groups in total. The van der Waals surface area contributed by atoms with Gasteiger partial charge in [0, 0.05) is 30.1 Å². The molecule has 0 saturated heterocycles. The lowest BCUT2D eigenvalue weighted by Crippen LogP contribution is -2.26. The Labute approximate surface area is 205 Å². The van der Waals surface area contributed by atoms with Crippen LogP contribution >= 0.6 is 11.6 Å².